The number of H-pyrrole nitrogens is 1. The molecule has 3 rings (SSSR count). The first kappa shape index (κ1) is 22.2. The van der Waals surface area contributed by atoms with E-state index < -0.39 is 17.5 Å². The molecule has 0 saturated heterocycles. The molecule has 1 heterocycles. The lowest BCUT2D eigenvalue weighted by Crippen LogP contribution is -2.31. The molecule has 0 bridgehead atoms. The van der Waals surface area contributed by atoms with Crippen molar-refractivity contribution in [2.24, 2.45) is 0 Å². The molecule has 0 aliphatic heterocycles. The van der Waals surface area contributed by atoms with Crippen LogP contribution in [0, 0.1) is 0 Å². The average molecular weight is 444 g/mol. The number of allylic oxidation sites excluding steroid dienone is 2. The Hall–Kier alpha value is -3.44. The Bertz CT molecular complexity index is 1020. The fourth-order valence-electron chi connectivity index (χ4n) is 2.72. The Morgan fingerprint density at radius 2 is 1.94 bits per heavy atom. The van der Waals surface area contributed by atoms with E-state index in [1.165, 1.54) is 13.2 Å². The van der Waals surface area contributed by atoms with Gasteiger partial charge in [0.25, 0.3) is 0 Å². The van der Waals surface area contributed by atoms with Crippen LogP contribution >= 0.6 is 11.8 Å². The topological polar surface area (TPSA) is 139 Å². The summed E-state index contributed by atoms with van der Waals surface area (Å²) in [5.41, 5.74) is 0.383. The number of Topliss-reactive ketones (excluding diaryl/α,β-unsaturated/α-hetero) is 1. The number of esters is 1. The normalized spacial score (nSPS) is 12.7. The van der Waals surface area contributed by atoms with Crippen LogP contribution in [0.4, 0.5) is 10.5 Å². The molecule has 1 aromatic heterocycles. The summed E-state index contributed by atoms with van der Waals surface area (Å²) in [5, 5.41) is 11.5. The van der Waals surface area contributed by atoms with E-state index in [1.807, 2.05) is 18.2 Å². The molecule has 1 aliphatic carbocycles. The highest BCUT2D eigenvalue weighted by Gasteiger charge is 2.34. The number of benzene rings is 1. The van der Waals surface area contributed by atoms with Crippen LogP contribution in [-0.4, -0.2) is 66.4 Å². The van der Waals surface area contributed by atoms with Gasteiger partial charge >= 0.3 is 12.0 Å². The summed E-state index contributed by atoms with van der Waals surface area (Å²) in [7, 11) is 1.17. The summed E-state index contributed by atoms with van der Waals surface area (Å²) in [6, 6.07) is 8.71. The molecular formula is C20H20N4O6S. The number of hydrogen-bond acceptors (Lipinski definition) is 8. The monoisotopic (exact) mass is 444 g/mol. The average Bonchev–Trinajstić information content (AvgIpc) is 3.22. The third-order valence-corrected chi connectivity index (χ3v) is 5.14. The van der Waals surface area contributed by atoms with E-state index in [1.54, 1.807) is 12.1 Å². The maximum atomic E-state index is 12.7. The standard InChI is InChI=1S/C20H20N4O6S/c1-29-19(27)17-15-16(23-24-17)13(25)11-14(18(15)26)31-10-9-30-8-7-21-20(28)22-12-5-3-2-4-6-12/h2-6,11H,7-10H2,1H3,(H,23,24)(H2,21,22,28). The number of urea groups is 1. The molecule has 31 heavy (non-hydrogen) atoms. The van der Waals surface area contributed by atoms with Crippen LogP contribution in [-0.2, 0) is 9.47 Å². The molecule has 3 N–H and O–H groups in total. The molecule has 0 spiro atoms. The number of ether oxygens (including phenoxy) is 2. The third kappa shape index (κ3) is 5.58. The summed E-state index contributed by atoms with van der Waals surface area (Å²) in [6.07, 6.45) is 1.21. The lowest BCUT2D eigenvalue weighted by molar-refractivity contribution is 0.0591. The number of aromatic nitrogens is 2. The zero-order chi connectivity index (χ0) is 22.2. The number of amides is 2. The zero-order valence-electron chi connectivity index (χ0n) is 16.6. The smallest absolute Gasteiger partial charge is 0.359 e. The van der Waals surface area contributed by atoms with Gasteiger partial charge in [-0.2, -0.15) is 5.10 Å². The van der Waals surface area contributed by atoms with Gasteiger partial charge in [0.15, 0.2) is 5.69 Å². The third-order valence-electron chi connectivity index (χ3n) is 4.15. The summed E-state index contributed by atoms with van der Waals surface area (Å²) in [6.45, 7) is 0.894. The van der Waals surface area contributed by atoms with Gasteiger partial charge in [0.1, 0.15) is 5.69 Å². The van der Waals surface area contributed by atoms with Crippen molar-refractivity contribution in [1.29, 1.82) is 0 Å². The number of para-hydroxylation sites is 1. The number of nitrogens with one attached hydrogen (secondary N) is 3. The predicted octanol–water partition coefficient (Wildman–Crippen LogP) is 2.03. The first-order valence-electron chi connectivity index (χ1n) is 9.29. The van der Waals surface area contributed by atoms with E-state index in [4.69, 9.17) is 4.74 Å². The molecular weight excluding hydrogens is 424 g/mol. The second kappa shape index (κ2) is 10.5. The van der Waals surface area contributed by atoms with Crippen LogP contribution in [0.2, 0.25) is 0 Å². The Morgan fingerprint density at radius 1 is 1.16 bits per heavy atom. The molecule has 162 valence electrons. The number of aromatic amines is 1. The van der Waals surface area contributed by atoms with Crippen LogP contribution in [0.5, 0.6) is 0 Å². The van der Waals surface area contributed by atoms with E-state index in [9.17, 15) is 19.2 Å². The van der Waals surface area contributed by atoms with Gasteiger partial charge in [-0.1, -0.05) is 18.2 Å². The van der Waals surface area contributed by atoms with Gasteiger partial charge in [0, 0.05) is 24.1 Å². The van der Waals surface area contributed by atoms with Crippen molar-refractivity contribution in [2.75, 3.05) is 37.9 Å². The molecule has 10 nitrogen and oxygen atoms in total. The van der Waals surface area contributed by atoms with Crippen molar-refractivity contribution in [3.05, 3.63) is 58.3 Å². The van der Waals surface area contributed by atoms with E-state index >= 15 is 0 Å². The summed E-state index contributed by atoms with van der Waals surface area (Å²) < 4.78 is 10.0. The summed E-state index contributed by atoms with van der Waals surface area (Å²) in [5.74, 6) is -1.29. The van der Waals surface area contributed by atoms with Crippen LogP contribution in [0.1, 0.15) is 31.3 Å². The van der Waals surface area contributed by atoms with Gasteiger partial charge in [-0.25, -0.2) is 9.59 Å². The quantitative estimate of drug-likeness (QED) is 0.394. The highest BCUT2D eigenvalue weighted by molar-refractivity contribution is 8.04. The Balaban J connectivity index is 1.39. The van der Waals surface area contributed by atoms with E-state index in [0.29, 0.717) is 24.6 Å². The van der Waals surface area contributed by atoms with Crippen LogP contribution < -0.4 is 10.6 Å². The summed E-state index contributed by atoms with van der Waals surface area (Å²) in [4.78, 5) is 48.6. The maximum Gasteiger partial charge on any atom is 0.359 e. The number of thioether (sulfide) groups is 1. The van der Waals surface area contributed by atoms with Crippen molar-refractivity contribution in [3.8, 4) is 0 Å². The molecule has 0 fully saturated rings. The van der Waals surface area contributed by atoms with Crippen LogP contribution in [0.3, 0.4) is 0 Å². The molecule has 0 saturated carbocycles. The molecule has 11 heteroatoms. The number of methoxy groups -OCH3 is 1. The van der Waals surface area contributed by atoms with Crippen molar-refractivity contribution in [3.63, 3.8) is 0 Å². The first-order valence-corrected chi connectivity index (χ1v) is 10.3. The van der Waals surface area contributed by atoms with E-state index in [0.717, 1.165) is 11.8 Å². The molecule has 0 atom stereocenters. The van der Waals surface area contributed by atoms with Gasteiger partial charge in [0.05, 0.1) is 30.8 Å². The van der Waals surface area contributed by atoms with Crippen molar-refractivity contribution in [2.45, 2.75) is 0 Å². The minimum Gasteiger partial charge on any atom is -0.464 e. The number of fused-ring (bicyclic) bond motifs is 1. The highest BCUT2D eigenvalue weighted by Crippen LogP contribution is 2.29. The Kier molecular flexibility index (Phi) is 7.57. The van der Waals surface area contributed by atoms with Crippen LogP contribution in [0.15, 0.2) is 41.3 Å². The van der Waals surface area contributed by atoms with Crippen molar-refractivity contribution < 1.29 is 28.7 Å². The minimum absolute atomic E-state index is 0.0224. The molecule has 1 aromatic carbocycles. The number of nitrogens with zero attached hydrogens (tertiary/aromatic N) is 1. The number of carbonyl (C=O) groups is 4. The largest absolute Gasteiger partial charge is 0.464 e. The van der Waals surface area contributed by atoms with Gasteiger partial charge in [-0.15, -0.1) is 11.8 Å². The zero-order valence-corrected chi connectivity index (χ0v) is 17.4. The van der Waals surface area contributed by atoms with Gasteiger partial charge in [-0.05, 0) is 12.1 Å². The highest BCUT2D eigenvalue weighted by atomic mass is 32.2. The number of anilines is 1. The Morgan fingerprint density at radius 3 is 2.68 bits per heavy atom. The van der Waals surface area contributed by atoms with Crippen molar-refractivity contribution in [1.82, 2.24) is 15.5 Å². The SMILES string of the molecule is COC(=O)c1n[nH]c2c1C(=O)C(SCCOCCNC(=O)Nc1ccccc1)=CC2=O. The molecule has 0 radical (unpaired) electrons. The second-order valence-corrected chi connectivity index (χ2v) is 7.36. The predicted molar refractivity (Wildman–Crippen MR) is 113 cm³/mol. The fraction of sp³-hybridized carbons (Fsp3) is 0.250. The number of ketones is 2. The lowest BCUT2D eigenvalue weighted by atomic mass is 9.99. The lowest BCUT2D eigenvalue weighted by Gasteiger charge is -2.12. The molecule has 0 unspecified atom stereocenters. The second-order valence-electron chi connectivity index (χ2n) is 6.22. The van der Waals surface area contributed by atoms with Crippen molar-refractivity contribution >= 4 is 41.0 Å². The number of hydrogen-bond donors (Lipinski definition) is 3. The fourth-order valence-corrected chi connectivity index (χ4v) is 3.56. The minimum atomic E-state index is -0.794. The van der Waals surface area contributed by atoms with Gasteiger partial charge in [0.2, 0.25) is 11.6 Å². The van der Waals surface area contributed by atoms with E-state index in [2.05, 4.69) is 25.6 Å². The Labute approximate surface area is 181 Å². The maximum absolute atomic E-state index is 12.7. The van der Waals surface area contributed by atoms with Crippen LogP contribution in [0.25, 0.3) is 0 Å². The molecule has 2 amide bonds. The van der Waals surface area contributed by atoms with Gasteiger partial charge in [-0.3, -0.25) is 14.7 Å². The van der Waals surface area contributed by atoms with E-state index in [-0.39, 0.29) is 34.5 Å². The number of carbonyl (C=O) groups excluding carboxylic acids is 4. The molecule has 1 aliphatic rings. The van der Waals surface area contributed by atoms with Gasteiger partial charge < -0.3 is 20.1 Å². The number of rotatable bonds is 9. The first-order chi connectivity index (χ1) is 15.0. The molecule has 2 aromatic rings. The summed E-state index contributed by atoms with van der Waals surface area (Å²) >= 11 is 1.14.